The van der Waals surface area contributed by atoms with Crippen LogP contribution in [0.25, 0.3) is 5.65 Å². The van der Waals surface area contributed by atoms with E-state index in [1.165, 1.54) is 0 Å². The van der Waals surface area contributed by atoms with Gasteiger partial charge in [0.2, 0.25) is 0 Å². The summed E-state index contributed by atoms with van der Waals surface area (Å²) < 4.78 is 13.7. The largest absolute Gasteiger partial charge is 0.495 e. The predicted octanol–water partition coefficient (Wildman–Crippen LogP) is 1.45. The van der Waals surface area contributed by atoms with Crippen LogP contribution in [0.3, 0.4) is 0 Å². The average Bonchev–Trinajstić information content (AvgIpc) is 2.87. The van der Waals surface area contributed by atoms with Crippen molar-refractivity contribution in [3.63, 3.8) is 0 Å². The van der Waals surface area contributed by atoms with Gasteiger partial charge in [0.1, 0.15) is 11.3 Å². The van der Waals surface area contributed by atoms with Crippen LogP contribution in [-0.4, -0.2) is 34.0 Å². The van der Waals surface area contributed by atoms with E-state index in [2.05, 4.69) is 4.98 Å². The smallest absolute Gasteiger partial charge is 0.399 e. The molecule has 5 nitrogen and oxygen atoms in total. The first-order valence-electron chi connectivity index (χ1n) is 6.62. The second-order valence-corrected chi connectivity index (χ2v) is 6.08. The minimum Gasteiger partial charge on any atom is -0.399 e. The molecule has 3 heterocycles. The Labute approximate surface area is 118 Å². The summed E-state index contributed by atoms with van der Waals surface area (Å²) >= 11 is 0. The zero-order valence-electron chi connectivity index (χ0n) is 12.1. The van der Waals surface area contributed by atoms with Crippen LogP contribution in [-0.2, 0) is 9.31 Å². The van der Waals surface area contributed by atoms with E-state index in [0.717, 1.165) is 11.7 Å². The van der Waals surface area contributed by atoms with Gasteiger partial charge < -0.3 is 9.31 Å². The second-order valence-electron chi connectivity index (χ2n) is 6.08. The lowest BCUT2D eigenvalue weighted by Crippen LogP contribution is -2.41. The fourth-order valence-corrected chi connectivity index (χ4v) is 2.23. The Morgan fingerprint density at radius 2 is 1.90 bits per heavy atom. The molecule has 0 atom stereocenters. The molecule has 1 saturated heterocycles. The van der Waals surface area contributed by atoms with Gasteiger partial charge in [0.05, 0.1) is 17.4 Å². The lowest BCUT2D eigenvalue weighted by molar-refractivity contribution is 0.00578. The molecule has 20 heavy (non-hydrogen) atoms. The first-order chi connectivity index (χ1) is 9.34. The van der Waals surface area contributed by atoms with E-state index >= 15 is 0 Å². The summed E-state index contributed by atoms with van der Waals surface area (Å²) in [7, 11) is -0.415. The molecule has 0 amide bonds. The standard InChI is InChI=1S/C14H17BN2O3/c1-13(2)14(3,4)20-15(19-13)10-5-6-17-11(9-18)8-16-12(17)7-10/h5-9H,1-4H3. The number of pyridine rings is 1. The highest BCUT2D eigenvalue weighted by Crippen LogP contribution is 2.36. The third kappa shape index (κ3) is 1.87. The van der Waals surface area contributed by atoms with Crippen LogP contribution in [0.4, 0.5) is 0 Å². The van der Waals surface area contributed by atoms with Gasteiger partial charge in [0, 0.05) is 6.20 Å². The van der Waals surface area contributed by atoms with Gasteiger partial charge in [0.15, 0.2) is 6.29 Å². The van der Waals surface area contributed by atoms with Crippen LogP contribution < -0.4 is 5.46 Å². The van der Waals surface area contributed by atoms with E-state index in [-0.39, 0.29) is 11.2 Å². The molecule has 6 heteroatoms. The Hall–Kier alpha value is -1.66. The third-order valence-electron chi connectivity index (χ3n) is 4.21. The highest BCUT2D eigenvalue weighted by atomic mass is 16.7. The average molecular weight is 272 g/mol. The molecule has 0 aromatic carbocycles. The zero-order chi connectivity index (χ0) is 14.5. The molecule has 3 rings (SSSR count). The number of nitrogens with zero attached hydrogens (tertiary/aromatic N) is 2. The third-order valence-corrected chi connectivity index (χ3v) is 4.21. The summed E-state index contributed by atoms with van der Waals surface area (Å²) in [5.74, 6) is 0. The van der Waals surface area contributed by atoms with Crippen LogP contribution >= 0.6 is 0 Å². The van der Waals surface area contributed by atoms with Crippen molar-refractivity contribution >= 4 is 24.5 Å². The van der Waals surface area contributed by atoms with Gasteiger partial charge in [-0.3, -0.25) is 9.20 Å². The highest BCUT2D eigenvalue weighted by Gasteiger charge is 2.51. The molecule has 0 saturated carbocycles. The first-order valence-corrected chi connectivity index (χ1v) is 6.62. The van der Waals surface area contributed by atoms with Crippen molar-refractivity contribution in [2.75, 3.05) is 0 Å². The van der Waals surface area contributed by atoms with Crippen LogP contribution in [0.5, 0.6) is 0 Å². The number of carbonyl (C=O) groups excluding carboxylic acids is 1. The molecule has 1 fully saturated rings. The number of carbonyl (C=O) groups is 1. The van der Waals surface area contributed by atoms with Crippen molar-refractivity contribution < 1.29 is 14.1 Å². The van der Waals surface area contributed by atoms with Crippen LogP contribution in [0.2, 0.25) is 0 Å². The first kappa shape index (κ1) is 13.3. The van der Waals surface area contributed by atoms with E-state index in [9.17, 15) is 4.79 Å². The molecule has 2 aromatic rings. The molecule has 1 aliphatic heterocycles. The van der Waals surface area contributed by atoms with Crippen molar-refractivity contribution in [2.24, 2.45) is 0 Å². The lowest BCUT2D eigenvalue weighted by atomic mass is 9.80. The molecule has 0 spiro atoms. The number of fused-ring (bicyclic) bond motifs is 1. The van der Waals surface area contributed by atoms with Gasteiger partial charge in [-0.25, -0.2) is 4.98 Å². The Morgan fingerprint density at radius 3 is 2.50 bits per heavy atom. The molecule has 0 unspecified atom stereocenters. The molecule has 2 aromatic heterocycles. The normalized spacial score (nSPS) is 20.5. The maximum Gasteiger partial charge on any atom is 0.495 e. The fourth-order valence-electron chi connectivity index (χ4n) is 2.23. The summed E-state index contributed by atoms with van der Waals surface area (Å²) in [6, 6.07) is 3.78. The quantitative estimate of drug-likeness (QED) is 0.613. The van der Waals surface area contributed by atoms with Crippen molar-refractivity contribution in [2.45, 2.75) is 38.9 Å². The number of hydrogen-bond acceptors (Lipinski definition) is 4. The van der Waals surface area contributed by atoms with Crippen molar-refractivity contribution in [3.05, 3.63) is 30.2 Å². The molecule has 0 bridgehead atoms. The molecule has 0 N–H and O–H groups in total. The molecular formula is C14H17BN2O3. The number of hydrogen-bond donors (Lipinski definition) is 0. The van der Waals surface area contributed by atoms with E-state index in [4.69, 9.17) is 9.31 Å². The van der Waals surface area contributed by atoms with Gasteiger partial charge in [-0.15, -0.1) is 0 Å². The summed E-state index contributed by atoms with van der Waals surface area (Å²) in [6.07, 6.45) is 4.15. The lowest BCUT2D eigenvalue weighted by Gasteiger charge is -2.32. The monoisotopic (exact) mass is 272 g/mol. The Bertz CT molecular complexity index is 662. The van der Waals surface area contributed by atoms with E-state index in [1.807, 2.05) is 46.0 Å². The van der Waals surface area contributed by atoms with Crippen molar-refractivity contribution in [1.82, 2.24) is 9.38 Å². The summed E-state index contributed by atoms with van der Waals surface area (Å²) in [4.78, 5) is 15.1. The molecule has 0 radical (unpaired) electrons. The van der Waals surface area contributed by atoms with Gasteiger partial charge in [-0.2, -0.15) is 0 Å². The summed E-state index contributed by atoms with van der Waals surface area (Å²) in [5.41, 5.74) is 1.40. The molecule has 0 aliphatic carbocycles. The van der Waals surface area contributed by atoms with E-state index in [0.29, 0.717) is 11.3 Å². The SMILES string of the molecule is CC1(C)OB(c2ccn3c(C=O)cnc3c2)OC1(C)C. The second kappa shape index (κ2) is 4.17. The predicted molar refractivity (Wildman–Crippen MR) is 76.3 cm³/mol. The molecular weight excluding hydrogens is 255 g/mol. The highest BCUT2D eigenvalue weighted by molar-refractivity contribution is 6.62. The van der Waals surface area contributed by atoms with Gasteiger partial charge in [-0.05, 0) is 45.3 Å². The Kier molecular flexibility index (Phi) is 2.78. The van der Waals surface area contributed by atoms with E-state index < -0.39 is 7.12 Å². The summed E-state index contributed by atoms with van der Waals surface area (Å²) in [6.45, 7) is 8.08. The zero-order valence-corrected chi connectivity index (χ0v) is 12.1. The number of aromatic nitrogens is 2. The fraction of sp³-hybridized carbons (Fsp3) is 0.429. The van der Waals surface area contributed by atoms with Gasteiger partial charge >= 0.3 is 7.12 Å². The van der Waals surface area contributed by atoms with Crippen molar-refractivity contribution in [1.29, 1.82) is 0 Å². The van der Waals surface area contributed by atoms with Crippen LogP contribution in [0.15, 0.2) is 24.5 Å². The topological polar surface area (TPSA) is 52.8 Å². The maximum atomic E-state index is 10.9. The molecule has 1 aliphatic rings. The minimum absolute atomic E-state index is 0.368. The Morgan fingerprint density at radius 1 is 1.25 bits per heavy atom. The maximum absolute atomic E-state index is 10.9. The number of rotatable bonds is 2. The van der Waals surface area contributed by atoms with E-state index in [1.54, 1.807) is 10.6 Å². The number of imidazole rings is 1. The van der Waals surface area contributed by atoms with Gasteiger partial charge in [0.25, 0.3) is 0 Å². The number of aldehydes is 1. The van der Waals surface area contributed by atoms with Crippen LogP contribution in [0.1, 0.15) is 38.2 Å². The molecule has 104 valence electrons. The summed E-state index contributed by atoms with van der Waals surface area (Å²) in [5, 5.41) is 0. The van der Waals surface area contributed by atoms with Crippen molar-refractivity contribution in [3.8, 4) is 0 Å². The minimum atomic E-state index is -0.415. The van der Waals surface area contributed by atoms with Crippen LogP contribution in [0, 0.1) is 0 Å². The Balaban J connectivity index is 1.98. The van der Waals surface area contributed by atoms with Gasteiger partial charge in [-0.1, -0.05) is 0 Å².